The molecule has 0 aromatic heterocycles. The average Bonchev–Trinajstić information content (AvgIpc) is 3.45. The topological polar surface area (TPSA) is 78.9 Å². The minimum absolute atomic E-state index is 0.0808. The largest absolute Gasteiger partial charge is 0.462 e. The van der Waals surface area contributed by atoms with Crippen molar-refractivity contribution in [2.45, 2.75) is 361 Å². The molecule has 0 N–H and O–H groups in total. The van der Waals surface area contributed by atoms with Crippen LogP contribution in [-0.2, 0) is 28.6 Å². The second kappa shape index (κ2) is 67.4. The summed E-state index contributed by atoms with van der Waals surface area (Å²) < 4.78 is 17.0. The van der Waals surface area contributed by atoms with E-state index in [2.05, 4.69) is 93.7 Å². The molecule has 6 nitrogen and oxygen atoms in total. The molecule has 0 rings (SSSR count). The third-order valence-corrected chi connectivity index (χ3v) is 15.2. The predicted molar refractivity (Wildman–Crippen MR) is 344 cm³/mol. The molecule has 0 bridgehead atoms. The normalized spacial score (nSPS) is 12.5. The zero-order valence-corrected chi connectivity index (χ0v) is 52.6. The summed E-state index contributed by atoms with van der Waals surface area (Å²) in [5.74, 6) is -0.883. The molecule has 0 amide bonds. The summed E-state index contributed by atoms with van der Waals surface area (Å²) in [6, 6.07) is 0. The summed E-state index contributed by atoms with van der Waals surface area (Å²) in [4.78, 5) is 38.4. The van der Waals surface area contributed by atoms with Crippen molar-refractivity contribution >= 4 is 17.9 Å². The van der Waals surface area contributed by atoms with Crippen LogP contribution in [0.25, 0.3) is 0 Å². The minimum atomic E-state index is -0.787. The molecule has 0 heterocycles. The van der Waals surface area contributed by atoms with E-state index in [0.717, 1.165) is 109 Å². The van der Waals surface area contributed by atoms with Gasteiger partial charge in [-0.25, -0.2) is 0 Å². The van der Waals surface area contributed by atoms with Gasteiger partial charge < -0.3 is 14.2 Å². The standard InChI is InChI=1S/C73H130O6/c1-4-7-10-13-16-19-22-25-28-31-34-35-36-37-38-40-42-45-48-51-54-57-60-63-66-72(75)78-69-70(68-77-71(74)65-62-59-56-53-50-47-44-41-33-30-27-24-21-18-15-12-9-6-3)79-73(76)67-64-61-58-55-52-49-46-43-39-32-29-26-23-20-17-14-11-8-5-2/h8,11,17,20-21,24,26,29-30,33,39,43,70H,4-7,9-10,12-16,18-19,22-23,25,27-28,31-32,34-38,40-42,44-69H2,1-3H3/b11-8-,20-17-,24-21-,29-26-,33-30-,43-39-. The van der Waals surface area contributed by atoms with Crippen LogP contribution in [0.3, 0.4) is 0 Å². The molecule has 0 aromatic rings. The summed E-state index contributed by atoms with van der Waals surface area (Å²) in [5, 5.41) is 0. The first-order valence-corrected chi connectivity index (χ1v) is 34.4. The van der Waals surface area contributed by atoms with Gasteiger partial charge in [-0.1, -0.05) is 318 Å². The Labute approximate surface area is 491 Å². The quantitative estimate of drug-likeness (QED) is 0.0261. The Morgan fingerprint density at radius 2 is 0.494 bits per heavy atom. The number of carbonyl (C=O) groups is 3. The molecule has 0 saturated heterocycles. The third-order valence-electron chi connectivity index (χ3n) is 15.2. The molecule has 1 atom stereocenters. The maximum Gasteiger partial charge on any atom is 0.306 e. The highest BCUT2D eigenvalue weighted by molar-refractivity contribution is 5.71. The molecular formula is C73H130O6. The lowest BCUT2D eigenvalue weighted by atomic mass is 10.0. The molecular weight excluding hydrogens is 973 g/mol. The van der Waals surface area contributed by atoms with Gasteiger partial charge in [0.2, 0.25) is 0 Å². The summed E-state index contributed by atoms with van der Waals surface area (Å²) in [5.41, 5.74) is 0. The van der Waals surface area contributed by atoms with Crippen LogP contribution in [0.1, 0.15) is 355 Å². The van der Waals surface area contributed by atoms with Crippen molar-refractivity contribution < 1.29 is 28.6 Å². The molecule has 0 spiro atoms. The van der Waals surface area contributed by atoms with Gasteiger partial charge in [0.25, 0.3) is 0 Å². The number of unbranched alkanes of at least 4 members (excludes halogenated alkanes) is 40. The highest BCUT2D eigenvalue weighted by Crippen LogP contribution is 2.18. The molecule has 79 heavy (non-hydrogen) atoms. The number of hydrogen-bond donors (Lipinski definition) is 0. The first-order valence-electron chi connectivity index (χ1n) is 34.4. The Morgan fingerprint density at radius 1 is 0.266 bits per heavy atom. The van der Waals surface area contributed by atoms with E-state index in [9.17, 15) is 14.4 Å². The van der Waals surface area contributed by atoms with E-state index >= 15 is 0 Å². The van der Waals surface area contributed by atoms with Crippen molar-refractivity contribution in [2.24, 2.45) is 0 Å². The van der Waals surface area contributed by atoms with E-state index in [1.165, 1.54) is 205 Å². The number of allylic oxidation sites excluding steroid dienone is 12. The summed E-state index contributed by atoms with van der Waals surface area (Å²) in [7, 11) is 0. The molecule has 6 heteroatoms. The van der Waals surface area contributed by atoms with Crippen molar-refractivity contribution in [3.8, 4) is 0 Å². The smallest absolute Gasteiger partial charge is 0.306 e. The van der Waals surface area contributed by atoms with Crippen molar-refractivity contribution in [2.75, 3.05) is 13.2 Å². The molecule has 0 aliphatic heterocycles. The third kappa shape index (κ3) is 65.5. The highest BCUT2D eigenvalue weighted by Gasteiger charge is 2.19. The van der Waals surface area contributed by atoms with E-state index in [1.54, 1.807) is 0 Å². The van der Waals surface area contributed by atoms with E-state index in [0.29, 0.717) is 19.3 Å². The maximum absolute atomic E-state index is 12.9. The Bertz CT molecular complexity index is 1450. The highest BCUT2D eigenvalue weighted by atomic mass is 16.6. The van der Waals surface area contributed by atoms with Gasteiger partial charge in [-0.2, -0.15) is 0 Å². The molecule has 0 radical (unpaired) electrons. The van der Waals surface area contributed by atoms with Crippen LogP contribution in [0.2, 0.25) is 0 Å². The molecule has 0 fully saturated rings. The predicted octanol–water partition coefficient (Wildman–Crippen LogP) is 23.7. The molecule has 1 unspecified atom stereocenters. The van der Waals surface area contributed by atoms with Gasteiger partial charge in [0, 0.05) is 19.3 Å². The zero-order valence-electron chi connectivity index (χ0n) is 52.6. The van der Waals surface area contributed by atoms with E-state index in [1.807, 2.05) is 0 Å². The van der Waals surface area contributed by atoms with Gasteiger partial charge in [-0.05, 0) is 89.9 Å². The Kier molecular flexibility index (Phi) is 64.7. The SMILES string of the molecule is CC/C=C\C/C=C\C/C=C\C/C=C\CCCCCCCCC(=O)OC(COC(=O)CCCCCCCCC/C=C\C/C=C\CCCCCC)COC(=O)CCCCCCCCCCCCCCCCCCCCCCCCCC. The minimum Gasteiger partial charge on any atom is -0.462 e. The van der Waals surface area contributed by atoms with Crippen LogP contribution in [-0.4, -0.2) is 37.2 Å². The fraction of sp³-hybridized carbons (Fsp3) is 0.795. The van der Waals surface area contributed by atoms with E-state index in [4.69, 9.17) is 14.2 Å². The number of carbonyl (C=O) groups excluding carboxylic acids is 3. The fourth-order valence-electron chi connectivity index (χ4n) is 10.1. The first kappa shape index (κ1) is 75.8. The van der Waals surface area contributed by atoms with Gasteiger partial charge in [-0.3, -0.25) is 14.4 Å². The fourth-order valence-corrected chi connectivity index (χ4v) is 10.1. The lowest BCUT2D eigenvalue weighted by Crippen LogP contribution is -2.30. The molecule has 458 valence electrons. The Hall–Kier alpha value is -3.15. The van der Waals surface area contributed by atoms with Crippen LogP contribution in [0.5, 0.6) is 0 Å². The number of hydrogen-bond acceptors (Lipinski definition) is 6. The van der Waals surface area contributed by atoms with Gasteiger partial charge in [0.15, 0.2) is 6.10 Å². The van der Waals surface area contributed by atoms with Crippen molar-refractivity contribution in [1.82, 2.24) is 0 Å². The second-order valence-electron chi connectivity index (χ2n) is 23.1. The van der Waals surface area contributed by atoms with Crippen molar-refractivity contribution in [3.05, 3.63) is 72.9 Å². The lowest BCUT2D eigenvalue weighted by molar-refractivity contribution is -0.167. The molecule has 0 aromatic carbocycles. The van der Waals surface area contributed by atoms with Crippen LogP contribution in [0.15, 0.2) is 72.9 Å². The van der Waals surface area contributed by atoms with Crippen LogP contribution < -0.4 is 0 Å². The van der Waals surface area contributed by atoms with Gasteiger partial charge in [0.05, 0.1) is 0 Å². The second-order valence-corrected chi connectivity index (χ2v) is 23.1. The summed E-state index contributed by atoms with van der Waals surface area (Å²) >= 11 is 0. The first-order chi connectivity index (χ1) is 39.0. The van der Waals surface area contributed by atoms with Gasteiger partial charge in [0.1, 0.15) is 13.2 Å². The summed E-state index contributed by atoms with van der Waals surface area (Å²) in [6.45, 7) is 6.55. The van der Waals surface area contributed by atoms with Crippen LogP contribution >= 0.6 is 0 Å². The summed E-state index contributed by atoms with van der Waals surface area (Å²) in [6.07, 6.45) is 87.7. The van der Waals surface area contributed by atoms with Gasteiger partial charge >= 0.3 is 17.9 Å². The number of ether oxygens (including phenoxy) is 3. The monoisotopic (exact) mass is 1100 g/mol. The molecule has 0 aliphatic rings. The van der Waals surface area contributed by atoms with E-state index in [-0.39, 0.29) is 31.1 Å². The number of rotatable bonds is 63. The van der Waals surface area contributed by atoms with E-state index < -0.39 is 6.10 Å². The van der Waals surface area contributed by atoms with Crippen LogP contribution in [0, 0.1) is 0 Å². The Balaban J connectivity index is 4.35. The van der Waals surface area contributed by atoms with Gasteiger partial charge in [-0.15, -0.1) is 0 Å². The van der Waals surface area contributed by atoms with Crippen molar-refractivity contribution in [1.29, 1.82) is 0 Å². The van der Waals surface area contributed by atoms with Crippen molar-refractivity contribution in [3.63, 3.8) is 0 Å². The Morgan fingerprint density at radius 3 is 0.785 bits per heavy atom. The average molecular weight is 1100 g/mol. The lowest BCUT2D eigenvalue weighted by Gasteiger charge is -2.18. The maximum atomic E-state index is 12.9. The molecule has 0 saturated carbocycles. The van der Waals surface area contributed by atoms with Crippen LogP contribution in [0.4, 0.5) is 0 Å². The zero-order chi connectivity index (χ0) is 57.1. The number of esters is 3. The molecule has 0 aliphatic carbocycles.